The van der Waals surface area contributed by atoms with Crippen LogP contribution in [0.2, 0.25) is 0 Å². The molecule has 0 aliphatic heterocycles. The molecule has 0 heterocycles. The maximum absolute atomic E-state index is 12.1. The van der Waals surface area contributed by atoms with Crippen LogP contribution in [0.1, 0.15) is 26.2 Å². The summed E-state index contributed by atoms with van der Waals surface area (Å²) in [6.07, 6.45) is 3.40. The molecular weight excluding hydrogens is 274 g/mol. The number of methoxy groups -OCH3 is 1. The van der Waals surface area contributed by atoms with Gasteiger partial charge in [-0.25, -0.2) is 8.42 Å². The fourth-order valence-corrected chi connectivity index (χ4v) is 3.40. The highest BCUT2D eigenvalue weighted by atomic mass is 32.2. The standard InChI is InChI=1S/C15H23NO3S/c1-3-20(17,18)14-7-5-4-6-13(14)16-12-15(8-9-15)10-11-19-2/h4-7,16H,3,8-12H2,1-2H3. The predicted molar refractivity (Wildman–Crippen MR) is 80.8 cm³/mol. The smallest absolute Gasteiger partial charge is 0.180 e. The number of rotatable bonds is 8. The van der Waals surface area contributed by atoms with Crippen molar-refractivity contribution in [1.82, 2.24) is 0 Å². The lowest BCUT2D eigenvalue weighted by atomic mass is 10.0. The van der Waals surface area contributed by atoms with E-state index >= 15 is 0 Å². The minimum atomic E-state index is -3.18. The third kappa shape index (κ3) is 3.52. The highest BCUT2D eigenvalue weighted by Crippen LogP contribution is 2.48. The molecule has 20 heavy (non-hydrogen) atoms. The lowest BCUT2D eigenvalue weighted by Crippen LogP contribution is -2.19. The number of anilines is 1. The molecule has 0 saturated heterocycles. The molecule has 5 heteroatoms. The van der Waals surface area contributed by atoms with Crippen LogP contribution in [0, 0.1) is 5.41 Å². The van der Waals surface area contributed by atoms with E-state index < -0.39 is 9.84 Å². The Morgan fingerprint density at radius 3 is 2.60 bits per heavy atom. The molecule has 0 amide bonds. The van der Waals surface area contributed by atoms with Crippen LogP contribution in [-0.2, 0) is 14.6 Å². The summed E-state index contributed by atoms with van der Waals surface area (Å²) in [5, 5.41) is 3.33. The molecule has 0 spiro atoms. The molecule has 1 aromatic rings. The molecule has 1 aromatic carbocycles. The summed E-state index contributed by atoms with van der Waals surface area (Å²) in [6.45, 7) is 3.25. The maximum atomic E-state index is 12.1. The van der Waals surface area contributed by atoms with Crippen molar-refractivity contribution in [3.05, 3.63) is 24.3 Å². The predicted octanol–water partition coefficient (Wildman–Crippen LogP) is 2.71. The second kappa shape index (κ2) is 6.14. The van der Waals surface area contributed by atoms with Crippen LogP contribution >= 0.6 is 0 Å². The van der Waals surface area contributed by atoms with Gasteiger partial charge in [-0.3, -0.25) is 0 Å². The Kier molecular flexibility index (Phi) is 4.70. The Hall–Kier alpha value is -1.07. The monoisotopic (exact) mass is 297 g/mol. The third-order valence-electron chi connectivity index (χ3n) is 4.05. The van der Waals surface area contributed by atoms with Crippen LogP contribution in [0.3, 0.4) is 0 Å². The van der Waals surface area contributed by atoms with Crippen LogP contribution < -0.4 is 5.32 Å². The van der Waals surface area contributed by atoms with E-state index in [0.29, 0.717) is 10.3 Å². The maximum Gasteiger partial charge on any atom is 0.180 e. The van der Waals surface area contributed by atoms with Crippen LogP contribution in [0.25, 0.3) is 0 Å². The number of benzene rings is 1. The zero-order valence-corrected chi connectivity index (χ0v) is 13.0. The van der Waals surface area contributed by atoms with Gasteiger partial charge in [0.2, 0.25) is 0 Å². The van der Waals surface area contributed by atoms with Crippen molar-refractivity contribution in [2.75, 3.05) is 31.3 Å². The summed E-state index contributed by atoms with van der Waals surface area (Å²) in [4.78, 5) is 0.407. The molecule has 4 nitrogen and oxygen atoms in total. The summed E-state index contributed by atoms with van der Waals surface area (Å²) in [5.74, 6) is 0.126. The zero-order valence-electron chi connectivity index (χ0n) is 12.2. The third-order valence-corrected chi connectivity index (χ3v) is 5.84. The van der Waals surface area contributed by atoms with Gasteiger partial charge in [0.05, 0.1) is 16.3 Å². The van der Waals surface area contributed by atoms with Gasteiger partial charge in [0, 0.05) is 20.3 Å². The zero-order chi connectivity index (χ0) is 14.6. The van der Waals surface area contributed by atoms with Gasteiger partial charge in [0.25, 0.3) is 0 Å². The van der Waals surface area contributed by atoms with Crippen molar-refractivity contribution < 1.29 is 13.2 Å². The Labute approximate surface area is 121 Å². The average molecular weight is 297 g/mol. The van der Waals surface area contributed by atoms with Gasteiger partial charge in [-0.15, -0.1) is 0 Å². The van der Waals surface area contributed by atoms with E-state index in [4.69, 9.17) is 4.74 Å². The first-order valence-corrected chi connectivity index (χ1v) is 8.73. The highest BCUT2D eigenvalue weighted by molar-refractivity contribution is 7.91. The van der Waals surface area contributed by atoms with E-state index in [-0.39, 0.29) is 5.75 Å². The average Bonchev–Trinajstić information content (AvgIpc) is 3.24. The van der Waals surface area contributed by atoms with Crippen molar-refractivity contribution in [3.8, 4) is 0 Å². The molecule has 112 valence electrons. The lowest BCUT2D eigenvalue weighted by Gasteiger charge is -2.18. The molecular formula is C15H23NO3S. The van der Waals surface area contributed by atoms with E-state index in [1.807, 2.05) is 12.1 Å². The molecule has 0 unspecified atom stereocenters. The second-order valence-corrected chi connectivity index (χ2v) is 7.74. The fraction of sp³-hybridized carbons (Fsp3) is 0.600. The van der Waals surface area contributed by atoms with Crippen molar-refractivity contribution in [3.63, 3.8) is 0 Å². The van der Waals surface area contributed by atoms with Gasteiger partial charge in [-0.05, 0) is 36.8 Å². The number of para-hydroxylation sites is 1. The quantitative estimate of drug-likeness (QED) is 0.801. The Morgan fingerprint density at radius 2 is 2.00 bits per heavy atom. The number of hydrogen-bond donors (Lipinski definition) is 1. The first kappa shape index (κ1) is 15.3. The van der Waals surface area contributed by atoms with E-state index in [1.165, 1.54) is 12.8 Å². The molecule has 1 saturated carbocycles. The summed E-state index contributed by atoms with van der Waals surface area (Å²) >= 11 is 0. The van der Waals surface area contributed by atoms with E-state index in [9.17, 15) is 8.42 Å². The van der Waals surface area contributed by atoms with Gasteiger partial charge >= 0.3 is 0 Å². The molecule has 1 N–H and O–H groups in total. The molecule has 2 rings (SSSR count). The van der Waals surface area contributed by atoms with Crippen molar-refractivity contribution in [2.45, 2.75) is 31.1 Å². The summed E-state index contributed by atoms with van der Waals surface area (Å²) in [7, 11) is -1.47. The first-order chi connectivity index (χ1) is 9.53. The van der Waals surface area contributed by atoms with Gasteiger partial charge in [0.1, 0.15) is 0 Å². The lowest BCUT2D eigenvalue weighted by molar-refractivity contribution is 0.175. The van der Waals surface area contributed by atoms with E-state index in [2.05, 4.69) is 5.32 Å². The Bertz CT molecular complexity index is 550. The SMILES string of the molecule is CCS(=O)(=O)c1ccccc1NCC1(CCOC)CC1. The number of ether oxygens (including phenoxy) is 1. The first-order valence-electron chi connectivity index (χ1n) is 7.08. The number of nitrogens with one attached hydrogen (secondary N) is 1. The number of sulfone groups is 1. The summed E-state index contributed by atoms with van der Waals surface area (Å²) in [6, 6.07) is 7.15. The highest BCUT2D eigenvalue weighted by Gasteiger charge is 2.41. The van der Waals surface area contributed by atoms with E-state index in [1.54, 1.807) is 26.2 Å². The van der Waals surface area contributed by atoms with Gasteiger partial charge in [-0.1, -0.05) is 19.1 Å². The Balaban J connectivity index is 2.07. The minimum absolute atomic E-state index is 0.126. The van der Waals surface area contributed by atoms with Gasteiger partial charge < -0.3 is 10.1 Å². The van der Waals surface area contributed by atoms with Crippen LogP contribution in [-0.4, -0.2) is 34.4 Å². The van der Waals surface area contributed by atoms with Gasteiger partial charge in [-0.2, -0.15) is 0 Å². The molecule has 0 bridgehead atoms. The molecule has 1 aliphatic carbocycles. The molecule has 1 fully saturated rings. The normalized spacial score (nSPS) is 16.9. The van der Waals surface area contributed by atoms with Crippen LogP contribution in [0.5, 0.6) is 0 Å². The second-order valence-electron chi connectivity index (χ2n) is 5.50. The minimum Gasteiger partial charge on any atom is -0.385 e. The topological polar surface area (TPSA) is 55.4 Å². The van der Waals surface area contributed by atoms with Crippen molar-refractivity contribution in [2.24, 2.45) is 5.41 Å². The van der Waals surface area contributed by atoms with Crippen molar-refractivity contribution >= 4 is 15.5 Å². The van der Waals surface area contributed by atoms with Crippen LogP contribution in [0.15, 0.2) is 29.2 Å². The van der Waals surface area contributed by atoms with Gasteiger partial charge in [0.15, 0.2) is 9.84 Å². The molecule has 0 atom stereocenters. The Morgan fingerprint density at radius 1 is 1.30 bits per heavy atom. The molecule has 1 aliphatic rings. The molecule has 0 aromatic heterocycles. The fourth-order valence-electron chi connectivity index (χ4n) is 2.33. The van der Waals surface area contributed by atoms with Crippen LogP contribution in [0.4, 0.5) is 5.69 Å². The molecule has 0 radical (unpaired) electrons. The largest absolute Gasteiger partial charge is 0.385 e. The number of hydrogen-bond acceptors (Lipinski definition) is 4. The summed E-state index contributed by atoms with van der Waals surface area (Å²) in [5.41, 5.74) is 1.01. The summed E-state index contributed by atoms with van der Waals surface area (Å²) < 4.78 is 29.3. The van der Waals surface area contributed by atoms with E-state index in [0.717, 1.165) is 25.3 Å². The van der Waals surface area contributed by atoms with Crippen molar-refractivity contribution in [1.29, 1.82) is 0 Å².